The first kappa shape index (κ1) is 16.8. The molecule has 0 radical (unpaired) electrons. The lowest BCUT2D eigenvalue weighted by atomic mass is 9.90. The lowest BCUT2D eigenvalue weighted by Crippen LogP contribution is -2.28. The van der Waals surface area contributed by atoms with Crippen molar-refractivity contribution in [2.75, 3.05) is 0 Å². The van der Waals surface area contributed by atoms with E-state index in [9.17, 15) is 5.11 Å². The molecule has 0 fully saturated rings. The first-order valence-corrected chi connectivity index (χ1v) is 7.16. The van der Waals surface area contributed by atoms with Gasteiger partial charge in [0.05, 0.1) is 5.02 Å². The fourth-order valence-electron chi connectivity index (χ4n) is 2.57. The maximum atomic E-state index is 10.7. The molecular formula is C17H17Cl2NO2. The van der Waals surface area contributed by atoms with Gasteiger partial charge in [-0.1, -0.05) is 54.1 Å². The highest BCUT2D eigenvalue weighted by Gasteiger charge is 2.32. The molecule has 3 rings (SSSR count). The van der Waals surface area contributed by atoms with Gasteiger partial charge in [-0.05, 0) is 13.0 Å². The van der Waals surface area contributed by atoms with Crippen LogP contribution in [0.3, 0.4) is 0 Å². The summed E-state index contributed by atoms with van der Waals surface area (Å²) < 4.78 is 6.00. The number of para-hydroxylation sites is 1. The van der Waals surface area contributed by atoms with E-state index in [4.69, 9.17) is 22.1 Å². The third-order valence-electron chi connectivity index (χ3n) is 3.58. The van der Waals surface area contributed by atoms with E-state index < -0.39 is 6.10 Å². The van der Waals surface area contributed by atoms with Gasteiger partial charge in [0, 0.05) is 22.7 Å². The van der Waals surface area contributed by atoms with Crippen LogP contribution in [0.25, 0.3) is 5.76 Å². The first-order valence-electron chi connectivity index (χ1n) is 6.79. The molecule has 2 aromatic carbocycles. The van der Waals surface area contributed by atoms with Crippen molar-refractivity contribution in [1.82, 2.24) is 0 Å². The van der Waals surface area contributed by atoms with Gasteiger partial charge in [-0.15, -0.1) is 12.4 Å². The number of hydrogen-bond acceptors (Lipinski definition) is 3. The Morgan fingerprint density at radius 3 is 2.45 bits per heavy atom. The second kappa shape index (κ2) is 6.71. The Morgan fingerprint density at radius 2 is 1.82 bits per heavy atom. The number of aliphatic hydroxyl groups is 1. The van der Waals surface area contributed by atoms with Crippen LogP contribution in [0.2, 0.25) is 5.02 Å². The molecule has 0 saturated carbocycles. The fraction of sp³-hybridized carbons (Fsp3) is 0.176. The number of ether oxygens (including phenoxy) is 1. The Balaban J connectivity index is 0.00000176. The van der Waals surface area contributed by atoms with Gasteiger partial charge in [0.1, 0.15) is 11.9 Å². The van der Waals surface area contributed by atoms with E-state index in [1.807, 2.05) is 37.3 Å². The smallest absolute Gasteiger partial charge is 0.152 e. The molecule has 0 amide bonds. The number of benzene rings is 2. The molecule has 0 bridgehead atoms. The standard InChI is InChI=1S/C17H16ClNO2.ClH/c1-10(19)14-15(20)12-8-5-9-13(18)17(12)21-16(14)11-6-3-2-4-7-11;/h2-10,15,20H,19H2,1H3;1H. The highest BCUT2D eigenvalue weighted by molar-refractivity contribution is 6.32. The molecule has 22 heavy (non-hydrogen) atoms. The van der Waals surface area contributed by atoms with Gasteiger partial charge in [-0.3, -0.25) is 0 Å². The van der Waals surface area contributed by atoms with Gasteiger partial charge in [0.15, 0.2) is 5.75 Å². The average Bonchev–Trinajstić information content (AvgIpc) is 2.48. The third kappa shape index (κ3) is 2.85. The molecule has 3 N–H and O–H groups in total. The van der Waals surface area contributed by atoms with Crippen LogP contribution >= 0.6 is 24.0 Å². The quantitative estimate of drug-likeness (QED) is 0.872. The van der Waals surface area contributed by atoms with Crippen molar-refractivity contribution < 1.29 is 9.84 Å². The van der Waals surface area contributed by atoms with Crippen LogP contribution in [0.5, 0.6) is 5.75 Å². The molecule has 2 aromatic rings. The molecule has 0 spiro atoms. The van der Waals surface area contributed by atoms with E-state index in [0.29, 0.717) is 27.7 Å². The van der Waals surface area contributed by atoms with Crippen molar-refractivity contribution in [3.8, 4) is 5.75 Å². The van der Waals surface area contributed by atoms with Crippen LogP contribution in [-0.4, -0.2) is 11.1 Å². The molecule has 1 heterocycles. The van der Waals surface area contributed by atoms with Crippen molar-refractivity contribution in [2.24, 2.45) is 5.73 Å². The summed E-state index contributed by atoms with van der Waals surface area (Å²) in [5.41, 5.74) is 8.23. The summed E-state index contributed by atoms with van der Waals surface area (Å²) in [6, 6.07) is 14.6. The van der Waals surface area contributed by atoms with Gasteiger partial charge >= 0.3 is 0 Å². The van der Waals surface area contributed by atoms with Gasteiger partial charge in [0.2, 0.25) is 0 Å². The molecule has 0 aliphatic carbocycles. The van der Waals surface area contributed by atoms with Crippen LogP contribution in [0.1, 0.15) is 24.2 Å². The zero-order valence-corrected chi connectivity index (χ0v) is 13.6. The van der Waals surface area contributed by atoms with E-state index in [0.717, 1.165) is 5.56 Å². The zero-order valence-electron chi connectivity index (χ0n) is 12.0. The number of rotatable bonds is 2. The minimum atomic E-state index is -0.817. The van der Waals surface area contributed by atoms with Crippen LogP contribution in [0, 0.1) is 0 Å². The molecule has 2 unspecified atom stereocenters. The molecule has 5 heteroatoms. The summed E-state index contributed by atoms with van der Waals surface area (Å²) in [7, 11) is 0. The summed E-state index contributed by atoms with van der Waals surface area (Å²) in [4.78, 5) is 0. The van der Waals surface area contributed by atoms with E-state index in [1.165, 1.54) is 0 Å². The number of hydrogen-bond donors (Lipinski definition) is 2. The lowest BCUT2D eigenvalue weighted by molar-refractivity contribution is 0.196. The molecule has 3 nitrogen and oxygen atoms in total. The number of halogens is 2. The second-order valence-corrected chi connectivity index (χ2v) is 5.51. The lowest BCUT2D eigenvalue weighted by Gasteiger charge is -2.30. The Kier molecular flexibility index (Phi) is 5.14. The van der Waals surface area contributed by atoms with Crippen molar-refractivity contribution in [3.63, 3.8) is 0 Å². The molecule has 1 aliphatic heterocycles. The molecule has 0 aromatic heterocycles. The molecular weight excluding hydrogens is 321 g/mol. The highest BCUT2D eigenvalue weighted by Crippen LogP contribution is 2.44. The first-order chi connectivity index (χ1) is 10.1. The second-order valence-electron chi connectivity index (χ2n) is 5.10. The van der Waals surface area contributed by atoms with E-state index in [2.05, 4.69) is 0 Å². The van der Waals surface area contributed by atoms with Crippen LogP contribution in [-0.2, 0) is 0 Å². The summed E-state index contributed by atoms with van der Waals surface area (Å²) in [5.74, 6) is 1.08. The van der Waals surface area contributed by atoms with E-state index in [-0.39, 0.29) is 18.4 Å². The largest absolute Gasteiger partial charge is 0.455 e. The van der Waals surface area contributed by atoms with Gasteiger partial charge in [-0.25, -0.2) is 0 Å². The summed E-state index contributed by atoms with van der Waals surface area (Å²) in [6.07, 6.45) is -0.817. The zero-order chi connectivity index (χ0) is 15.0. The fourth-order valence-corrected chi connectivity index (χ4v) is 2.79. The normalized spacial score (nSPS) is 18.1. The summed E-state index contributed by atoms with van der Waals surface area (Å²) >= 11 is 6.20. The highest BCUT2D eigenvalue weighted by atomic mass is 35.5. The number of nitrogens with two attached hydrogens (primary N) is 1. The number of fused-ring (bicyclic) bond motifs is 1. The Labute approximate surface area is 140 Å². The molecule has 1 aliphatic rings. The Hall–Kier alpha value is -1.52. The van der Waals surface area contributed by atoms with Gasteiger partial charge < -0.3 is 15.6 Å². The third-order valence-corrected chi connectivity index (χ3v) is 3.88. The van der Waals surface area contributed by atoms with Crippen LogP contribution < -0.4 is 10.5 Å². The van der Waals surface area contributed by atoms with Crippen LogP contribution in [0.4, 0.5) is 0 Å². The van der Waals surface area contributed by atoms with Crippen molar-refractivity contribution in [3.05, 3.63) is 70.3 Å². The summed E-state index contributed by atoms with van der Waals surface area (Å²) in [5, 5.41) is 11.1. The SMILES string of the molecule is CC(N)C1=C(c2ccccc2)Oc2c(Cl)cccc2C1O.Cl. The molecule has 0 saturated heterocycles. The predicted molar refractivity (Wildman–Crippen MR) is 91.3 cm³/mol. The van der Waals surface area contributed by atoms with Gasteiger partial charge in [-0.2, -0.15) is 0 Å². The molecule has 116 valence electrons. The van der Waals surface area contributed by atoms with E-state index >= 15 is 0 Å². The van der Waals surface area contributed by atoms with Crippen molar-refractivity contribution in [1.29, 1.82) is 0 Å². The predicted octanol–water partition coefficient (Wildman–Crippen LogP) is 3.95. The van der Waals surface area contributed by atoms with Gasteiger partial charge in [0.25, 0.3) is 0 Å². The van der Waals surface area contributed by atoms with E-state index in [1.54, 1.807) is 18.2 Å². The van der Waals surface area contributed by atoms with Crippen molar-refractivity contribution >= 4 is 29.8 Å². The topological polar surface area (TPSA) is 55.5 Å². The Morgan fingerprint density at radius 1 is 1.14 bits per heavy atom. The van der Waals surface area contributed by atoms with Crippen molar-refractivity contribution in [2.45, 2.75) is 19.1 Å². The minimum absolute atomic E-state index is 0. The maximum absolute atomic E-state index is 10.7. The van der Waals surface area contributed by atoms with Crippen LogP contribution in [0.15, 0.2) is 54.1 Å². The molecule has 2 atom stereocenters. The summed E-state index contributed by atoms with van der Waals surface area (Å²) in [6.45, 7) is 1.83. The maximum Gasteiger partial charge on any atom is 0.152 e. The Bertz CT molecular complexity index is 699. The minimum Gasteiger partial charge on any atom is -0.455 e. The average molecular weight is 338 g/mol. The number of aliphatic hydroxyl groups excluding tert-OH is 1. The monoisotopic (exact) mass is 337 g/mol.